The molecule has 2 aliphatic heterocycles. The molecule has 0 aliphatic carbocycles. The second kappa shape index (κ2) is 15.2. The third-order valence-electron chi connectivity index (χ3n) is 12.0. The van der Waals surface area contributed by atoms with E-state index < -0.39 is 0 Å². The van der Waals surface area contributed by atoms with Crippen molar-refractivity contribution in [1.82, 2.24) is 4.98 Å². The fourth-order valence-corrected chi connectivity index (χ4v) is 9.61. The van der Waals surface area contributed by atoms with Gasteiger partial charge in [0.25, 0.3) is 0 Å². The maximum atomic E-state index is 4.94. The fraction of sp³-hybridized carbons (Fsp3) is 0.161. The van der Waals surface area contributed by atoms with Crippen LogP contribution >= 0.6 is 11.8 Å². The van der Waals surface area contributed by atoms with E-state index in [2.05, 4.69) is 226 Å². The smallest absolute Gasteiger partial charge is 0.137 e. The van der Waals surface area contributed by atoms with E-state index in [1.54, 1.807) is 11.8 Å². The van der Waals surface area contributed by atoms with Crippen molar-refractivity contribution in [2.24, 2.45) is 0 Å². The molecule has 10 rings (SSSR count). The van der Waals surface area contributed by atoms with Crippen molar-refractivity contribution in [2.45, 2.75) is 62.2 Å². The van der Waals surface area contributed by atoms with Gasteiger partial charge in [-0.15, -0.1) is 0 Å². The van der Waals surface area contributed by atoms with Gasteiger partial charge in [0.15, 0.2) is 0 Å². The van der Waals surface area contributed by atoms with E-state index in [1.807, 2.05) is 12.3 Å². The van der Waals surface area contributed by atoms with E-state index in [0.717, 1.165) is 28.8 Å². The first kappa shape index (κ1) is 38.6. The van der Waals surface area contributed by atoms with E-state index in [-0.39, 0.29) is 10.8 Å². The molecule has 0 fully saturated rings. The predicted molar refractivity (Wildman–Crippen MR) is 259 cm³/mol. The lowest BCUT2D eigenvalue weighted by atomic mass is 9.80. The zero-order valence-electron chi connectivity index (χ0n) is 35.7. The van der Waals surface area contributed by atoms with E-state index in [1.165, 1.54) is 72.2 Å². The van der Waals surface area contributed by atoms with Crippen LogP contribution in [0.4, 0.5) is 39.9 Å². The molecule has 5 heteroatoms. The summed E-state index contributed by atoms with van der Waals surface area (Å²) in [6, 6.07) is 64.4. The lowest BCUT2D eigenvalue weighted by Gasteiger charge is -2.29. The molecule has 0 saturated heterocycles. The summed E-state index contributed by atoms with van der Waals surface area (Å²) in [4.78, 5) is 14.6. The quantitative estimate of drug-likeness (QED) is 0.166. The minimum Gasteiger partial charge on any atom is -0.321 e. The number of hydrogen-bond donors (Lipinski definition) is 0. The standard InChI is InChI=1S/C56H50N4S/c1-55(2,3)40-32-41(56(4,5)6)34-43(33-40)59-37-58(51-23-12-13-24-52(51)59)42-19-16-20-44(35-42)61-45-27-28-48-46-21-10-11-22-47(46)49-31-39(38-17-8-7-9-18-38)26-29-50(49)60(53(48)36-45)54-25-14-15-30-57-54/h7-36H,37H2,1-6H3. The minimum atomic E-state index is 0.0314. The van der Waals surface area contributed by atoms with Crippen LogP contribution in [0, 0.1) is 0 Å². The zero-order valence-corrected chi connectivity index (χ0v) is 36.5. The highest BCUT2D eigenvalue weighted by molar-refractivity contribution is 7.99. The van der Waals surface area contributed by atoms with E-state index >= 15 is 0 Å². The third-order valence-corrected chi connectivity index (χ3v) is 13.0. The molecule has 61 heavy (non-hydrogen) atoms. The van der Waals surface area contributed by atoms with Gasteiger partial charge in [-0.2, -0.15) is 0 Å². The molecule has 7 aromatic carbocycles. The molecular weight excluding hydrogens is 761 g/mol. The average Bonchev–Trinajstić information content (AvgIpc) is 3.61. The first-order valence-corrected chi connectivity index (χ1v) is 22.0. The van der Waals surface area contributed by atoms with Gasteiger partial charge in [-0.05, 0) is 123 Å². The van der Waals surface area contributed by atoms with Crippen LogP contribution in [-0.4, -0.2) is 11.7 Å². The van der Waals surface area contributed by atoms with Crippen LogP contribution in [0.3, 0.4) is 0 Å². The van der Waals surface area contributed by atoms with Gasteiger partial charge in [-0.3, -0.25) is 4.90 Å². The van der Waals surface area contributed by atoms with Crippen molar-refractivity contribution in [3.63, 3.8) is 0 Å². The Morgan fingerprint density at radius 1 is 0.426 bits per heavy atom. The van der Waals surface area contributed by atoms with Gasteiger partial charge >= 0.3 is 0 Å². The van der Waals surface area contributed by atoms with Gasteiger partial charge < -0.3 is 9.80 Å². The molecular formula is C56H50N4S. The van der Waals surface area contributed by atoms with E-state index in [9.17, 15) is 0 Å². The Morgan fingerprint density at radius 3 is 1.75 bits per heavy atom. The van der Waals surface area contributed by atoms with Crippen LogP contribution in [0.1, 0.15) is 52.7 Å². The molecule has 0 amide bonds. The van der Waals surface area contributed by atoms with E-state index in [4.69, 9.17) is 4.98 Å². The third kappa shape index (κ3) is 7.27. The summed E-state index contributed by atoms with van der Waals surface area (Å²) in [5, 5.41) is 0. The maximum absolute atomic E-state index is 4.94. The molecule has 0 N–H and O–H groups in total. The summed E-state index contributed by atoms with van der Waals surface area (Å²) in [5.74, 6) is 0.884. The van der Waals surface area contributed by atoms with Gasteiger partial charge in [0.05, 0.1) is 22.7 Å². The summed E-state index contributed by atoms with van der Waals surface area (Å²) >= 11 is 1.80. The predicted octanol–water partition coefficient (Wildman–Crippen LogP) is 15.9. The second-order valence-corrected chi connectivity index (χ2v) is 19.3. The number of para-hydroxylation sites is 2. The number of nitrogens with zero attached hydrogens (tertiary/aromatic N) is 4. The van der Waals surface area contributed by atoms with E-state index in [0.29, 0.717) is 0 Å². The Kier molecular flexibility index (Phi) is 9.60. The van der Waals surface area contributed by atoms with Crippen molar-refractivity contribution < 1.29 is 0 Å². The van der Waals surface area contributed by atoms with Crippen LogP contribution < -0.4 is 14.7 Å². The van der Waals surface area contributed by atoms with Crippen LogP contribution in [0.5, 0.6) is 0 Å². The van der Waals surface area contributed by atoms with Crippen LogP contribution in [0.2, 0.25) is 0 Å². The van der Waals surface area contributed by atoms with Gasteiger partial charge in [0.2, 0.25) is 0 Å². The first-order chi connectivity index (χ1) is 29.5. The molecule has 2 aliphatic rings. The molecule has 8 aromatic rings. The Morgan fingerprint density at radius 2 is 1.07 bits per heavy atom. The molecule has 4 nitrogen and oxygen atoms in total. The monoisotopic (exact) mass is 810 g/mol. The highest BCUT2D eigenvalue weighted by Crippen LogP contribution is 2.53. The van der Waals surface area contributed by atoms with Crippen molar-refractivity contribution in [2.75, 3.05) is 21.4 Å². The van der Waals surface area contributed by atoms with Crippen molar-refractivity contribution in [1.29, 1.82) is 0 Å². The molecule has 3 heterocycles. The first-order valence-electron chi connectivity index (χ1n) is 21.2. The number of fused-ring (bicyclic) bond motifs is 6. The summed E-state index contributed by atoms with van der Waals surface area (Å²) in [7, 11) is 0. The Balaban J connectivity index is 1.03. The largest absolute Gasteiger partial charge is 0.321 e. The molecule has 1 aromatic heterocycles. The molecule has 0 radical (unpaired) electrons. The maximum Gasteiger partial charge on any atom is 0.137 e. The van der Waals surface area contributed by atoms with Crippen molar-refractivity contribution >= 4 is 51.7 Å². The van der Waals surface area contributed by atoms with Gasteiger partial charge in [0.1, 0.15) is 12.5 Å². The average molecular weight is 811 g/mol. The Hall–Kier alpha value is -6.56. The Labute approximate surface area is 365 Å². The number of benzene rings is 7. The highest BCUT2D eigenvalue weighted by atomic mass is 32.2. The summed E-state index contributed by atoms with van der Waals surface area (Å²) in [6.45, 7) is 14.6. The molecule has 0 bridgehead atoms. The second-order valence-electron chi connectivity index (χ2n) is 18.2. The van der Waals surface area contributed by atoms with Crippen LogP contribution in [-0.2, 0) is 10.8 Å². The number of hydrogen-bond acceptors (Lipinski definition) is 5. The van der Waals surface area contributed by atoms with Crippen LogP contribution in [0.15, 0.2) is 192 Å². The summed E-state index contributed by atoms with van der Waals surface area (Å²) < 4.78 is 0. The SMILES string of the molecule is CC(C)(C)c1cc(N2CN(c3cccc(Sc4ccc5c(c4)N(c4ccccn4)c4ccc(-c6ccccc6)cc4-c4ccccc4-5)c3)c3ccccc32)cc(C(C)(C)C)c1. The number of pyridine rings is 1. The zero-order chi connectivity index (χ0) is 41.9. The van der Waals surface area contributed by atoms with Gasteiger partial charge in [0, 0.05) is 38.5 Å². The lowest BCUT2D eigenvalue weighted by Crippen LogP contribution is -2.25. The fourth-order valence-electron chi connectivity index (χ4n) is 8.70. The number of rotatable bonds is 6. The Bertz CT molecular complexity index is 2880. The van der Waals surface area contributed by atoms with Crippen LogP contribution in [0.25, 0.3) is 33.4 Å². The molecule has 300 valence electrons. The minimum absolute atomic E-state index is 0.0314. The summed E-state index contributed by atoms with van der Waals surface area (Å²) in [5.41, 5.74) is 17.0. The molecule has 0 spiro atoms. The number of anilines is 7. The number of aromatic nitrogens is 1. The van der Waals surface area contributed by atoms with Gasteiger partial charge in [-0.25, -0.2) is 4.98 Å². The highest BCUT2D eigenvalue weighted by Gasteiger charge is 2.31. The summed E-state index contributed by atoms with van der Waals surface area (Å²) in [6.07, 6.45) is 1.89. The molecule has 0 unspecified atom stereocenters. The topological polar surface area (TPSA) is 22.6 Å². The lowest BCUT2D eigenvalue weighted by molar-refractivity contribution is 0.568. The molecule has 0 atom stereocenters. The van der Waals surface area contributed by atoms with Crippen molar-refractivity contribution in [3.8, 4) is 33.4 Å². The molecule has 0 saturated carbocycles. The van der Waals surface area contributed by atoms with Crippen molar-refractivity contribution in [3.05, 3.63) is 193 Å². The normalized spacial score (nSPS) is 13.3. The van der Waals surface area contributed by atoms with Gasteiger partial charge in [-0.1, -0.05) is 150 Å².